The van der Waals surface area contributed by atoms with Crippen LogP contribution in [0.5, 0.6) is 0 Å². The van der Waals surface area contributed by atoms with Gasteiger partial charge in [0.2, 0.25) is 0 Å². The molecule has 2 N–H and O–H groups in total. The second-order valence-corrected chi connectivity index (χ2v) is 4.41. The molecule has 1 aromatic heterocycles. The van der Waals surface area contributed by atoms with Gasteiger partial charge in [-0.15, -0.1) is 0 Å². The molecule has 6 heteroatoms. The normalized spacial score (nSPS) is 12.2. The molecule has 102 valence electrons. The highest BCUT2D eigenvalue weighted by Crippen LogP contribution is 1.94. The first kappa shape index (κ1) is 14.5. The summed E-state index contributed by atoms with van der Waals surface area (Å²) in [5.74, 6) is 0. The number of aliphatic hydroxyl groups is 1. The SMILES string of the molecule is CC(O)CCN(C)C(=O)NCCCn1cccn1. The summed E-state index contributed by atoms with van der Waals surface area (Å²) in [7, 11) is 1.73. The highest BCUT2D eigenvalue weighted by atomic mass is 16.3. The summed E-state index contributed by atoms with van der Waals surface area (Å²) in [5.41, 5.74) is 0. The van der Waals surface area contributed by atoms with Crippen LogP contribution in [0.2, 0.25) is 0 Å². The Hall–Kier alpha value is -1.56. The Kier molecular flexibility index (Phi) is 6.21. The number of urea groups is 1. The van der Waals surface area contributed by atoms with Gasteiger partial charge in [-0.3, -0.25) is 4.68 Å². The van der Waals surface area contributed by atoms with Gasteiger partial charge in [0.05, 0.1) is 6.10 Å². The Morgan fingerprint density at radius 1 is 1.61 bits per heavy atom. The van der Waals surface area contributed by atoms with Crippen LogP contribution in [0, 0.1) is 0 Å². The van der Waals surface area contributed by atoms with Crippen molar-refractivity contribution < 1.29 is 9.90 Å². The summed E-state index contributed by atoms with van der Waals surface area (Å²) in [6.07, 6.45) is 4.70. The summed E-state index contributed by atoms with van der Waals surface area (Å²) >= 11 is 0. The Balaban J connectivity index is 2.09. The molecule has 2 amide bonds. The number of rotatable bonds is 7. The van der Waals surface area contributed by atoms with E-state index in [0.717, 1.165) is 13.0 Å². The van der Waals surface area contributed by atoms with Crippen molar-refractivity contribution in [3.63, 3.8) is 0 Å². The van der Waals surface area contributed by atoms with Crippen LogP contribution in [0.4, 0.5) is 4.79 Å². The summed E-state index contributed by atoms with van der Waals surface area (Å²) in [5, 5.41) is 16.1. The topological polar surface area (TPSA) is 70.4 Å². The fourth-order valence-corrected chi connectivity index (χ4v) is 1.49. The van der Waals surface area contributed by atoms with Gasteiger partial charge in [-0.1, -0.05) is 0 Å². The number of amides is 2. The number of carbonyl (C=O) groups is 1. The van der Waals surface area contributed by atoms with Gasteiger partial charge in [0.15, 0.2) is 0 Å². The lowest BCUT2D eigenvalue weighted by atomic mass is 10.3. The summed E-state index contributed by atoms with van der Waals surface area (Å²) < 4.78 is 1.84. The minimum atomic E-state index is -0.375. The predicted octanol–water partition coefficient (Wildman–Crippen LogP) is 0.685. The molecule has 0 aliphatic carbocycles. The van der Waals surface area contributed by atoms with E-state index in [1.54, 1.807) is 25.1 Å². The Morgan fingerprint density at radius 2 is 2.39 bits per heavy atom. The van der Waals surface area contributed by atoms with Crippen molar-refractivity contribution in [2.75, 3.05) is 20.1 Å². The molecule has 0 fully saturated rings. The number of aryl methyl sites for hydroxylation is 1. The second-order valence-electron chi connectivity index (χ2n) is 4.41. The van der Waals surface area contributed by atoms with E-state index in [0.29, 0.717) is 19.5 Å². The highest BCUT2D eigenvalue weighted by molar-refractivity contribution is 5.73. The van der Waals surface area contributed by atoms with Crippen molar-refractivity contribution >= 4 is 6.03 Å². The minimum Gasteiger partial charge on any atom is -0.393 e. The first-order chi connectivity index (χ1) is 8.59. The molecule has 0 bridgehead atoms. The van der Waals surface area contributed by atoms with Crippen molar-refractivity contribution in [2.45, 2.75) is 32.4 Å². The lowest BCUT2D eigenvalue weighted by Crippen LogP contribution is -2.39. The van der Waals surface area contributed by atoms with E-state index >= 15 is 0 Å². The van der Waals surface area contributed by atoms with Gasteiger partial charge in [-0.25, -0.2) is 4.79 Å². The first-order valence-corrected chi connectivity index (χ1v) is 6.24. The van der Waals surface area contributed by atoms with Crippen molar-refractivity contribution in [3.8, 4) is 0 Å². The number of aromatic nitrogens is 2. The maximum atomic E-state index is 11.6. The maximum absolute atomic E-state index is 11.6. The van der Waals surface area contributed by atoms with Crippen LogP contribution in [-0.4, -0.2) is 52.1 Å². The molecule has 0 aliphatic rings. The van der Waals surface area contributed by atoms with E-state index in [2.05, 4.69) is 10.4 Å². The average molecular weight is 254 g/mol. The number of nitrogens with zero attached hydrogens (tertiary/aromatic N) is 3. The third kappa shape index (κ3) is 5.67. The molecule has 1 heterocycles. The smallest absolute Gasteiger partial charge is 0.317 e. The molecule has 0 radical (unpaired) electrons. The summed E-state index contributed by atoms with van der Waals surface area (Å²) in [6.45, 7) is 3.70. The quantitative estimate of drug-likeness (QED) is 0.703. The van der Waals surface area contributed by atoms with E-state index in [1.165, 1.54) is 0 Å². The van der Waals surface area contributed by atoms with Crippen molar-refractivity contribution in [2.24, 2.45) is 0 Å². The molecule has 1 rings (SSSR count). The van der Waals surface area contributed by atoms with Crippen molar-refractivity contribution in [1.82, 2.24) is 20.0 Å². The fraction of sp³-hybridized carbons (Fsp3) is 0.667. The molecule has 0 spiro atoms. The third-order valence-corrected chi connectivity index (χ3v) is 2.63. The van der Waals surface area contributed by atoms with E-state index in [4.69, 9.17) is 5.11 Å². The van der Waals surface area contributed by atoms with Crippen LogP contribution in [0.3, 0.4) is 0 Å². The van der Waals surface area contributed by atoms with Gasteiger partial charge in [0.25, 0.3) is 0 Å². The molecule has 1 aromatic rings. The van der Waals surface area contributed by atoms with Crippen LogP contribution >= 0.6 is 0 Å². The molecule has 0 aliphatic heterocycles. The number of aliphatic hydroxyl groups excluding tert-OH is 1. The molecule has 0 saturated carbocycles. The van der Waals surface area contributed by atoms with Gasteiger partial charge in [0, 0.05) is 39.1 Å². The molecule has 0 saturated heterocycles. The van der Waals surface area contributed by atoms with E-state index in [1.807, 2.05) is 16.9 Å². The molecular formula is C12H22N4O2. The Morgan fingerprint density at radius 3 is 3.00 bits per heavy atom. The van der Waals surface area contributed by atoms with Gasteiger partial charge in [-0.2, -0.15) is 5.10 Å². The van der Waals surface area contributed by atoms with Gasteiger partial charge < -0.3 is 15.3 Å². The highest BCUT2D eigenvalue weighted by Gasteiger charge is 2.08. The van der Waals surface area contributed by atoms with E-state index in [9.17, 15) is 4.79 Å². The van der Waals surface area contributed by atoms with E-state index in [-0.39, 0.29) is 12.1 Å². The Labute approximate surface area is 108 Å². The first-order valence-electron chi connectivity index (χ1n) is 6.24. The molecule has 1 unspecified atom stereocenters. The zero-order valence-electron chi connectivity index (χ0n) is 11.0. The fourth-order valence-electron chi connectivity index (χ4n) is 1.49. The summed E-state index contributed by atoms with van der Waals surface area (Å²) in [4.78, 5) is 13.2. The minimum absolute atomic E-state index is 0.101. The third-order valence-electron chi connectivity index (χ3n) is 2.63. The van der Waals surface area contributed by atoms with Gasteiger partial charge in [-0.05, 0) is 25.8 Å². The van der Waals surface area contributed by atoms with Crippen LogP contribution < -0.4 is 5.32 Å². The zero-order valence-corrected chi connectivity index (χ0v) is 11.0. The number of nitrogens with one attached hydrogen (secondary N) is 1. The lowest BCUT2D eigenvalue weighted by molar-refractivity contribution is 0.163. The zero-order chi connectivity index (χ0) is 13.4. The summed E-state index contributed by atoms with van der Waals surface area (Å²) in [6, 6.07) is 1.78. The number of hydrogen-bond donors (Lipinski definition) is 2. The molecule has 1 atom stereocenters. The largest absolute Gasteiger partial charge is 0.393 e. The molecule has 18 heavy (non-hydrogen) atoms. The number of carbonyl (C=O) groups excluding carboxylic acids is 1. The maximum Gasteiger partial charge on any atom is 0.317 e. The standard InChI is InChI=1S/C12H22N4O2/c1-11(17)5-10-15(2)12(18)13-6-3-8-16-9-4-7-14-16/h4,7,9,11,17H,3,5-6,8,10H2,1-2H3,(H,13,18). The monoisotopic (exact) mass is 254 g/mol. The van der Waals surface area contributed by atoms with Gasteiger partial charge in [0.1, 0.15) is 0 Å². The molecular weight excluding hydrogens is 232 g/mol. The Bertz CT molecular complexity index is 338. The molecule has 6 nitrogen and oxygen atoms in total. The number of hydrogen-bond acceptors (Lipinski definition) is 3. The lowest BCUT2D eigenvalue weighted by Gasteiger charge is -2.18. The van der Waals surface area contributed by atoms with Gasteiger partial charge >= 0.3 is 6.03 Å². The van der Waals surface area contributed by atoms with E-state index < -0.39 is 0 Å². The van der Waals surface area contributed by atoms with Crippen LogP contribution in [0.15, 0.2) is 18.5 Å². The van der Waals surface area contributed by atoms with Crippen LogP contribution in [0.1, 0.15) is 19.8 Å². The molecule has 0 aromatic carbocycles. The predicted molar refractivity (Wildman–Crippen MR) is 69.2 cm³/mol. The van der Waals surface area contributed by atoms with Crippen LogP contribution in [0.25, 0.3) is 0 Å². The van der Waals surface area contributed by atoms with Crippen LogP contribution in [-0.2, 0) is 6.54 Å². The van der Waals surface area contributed by atoms with Crippen molar-refractivity contribution in [3.05, 3.63) is 18.5 Å². The average Bonchev–Trinajstić information content (AvgIpc) is 2.84. The van der Waals surface area contributed by atoms with Crippen molar-refractivity contribution in [1.29, 1.82) is 0 Å². The second kappa shape index (κ2) is 7.71.